The van der Waals surface area contributed by atoms with Crippen molar-refractivity contribution >= 4 is 28.5 Å². The van der Waals surface area contributed by atoms with Crippen LogP contribution in [0.15, 0.2) is 17.7 Å². The zero-order chi connectivity index (χ0) is 15.6. The molecule has 0 bridgehead atoms. The molecule has 6 heteroatoms. The molecule has 0 fully saturated rings. The van der Waals surface area contributed by atoms with Gasteiger partial charge in [0.25, 0.3) is 0 Å². The molecule has 0 radical (unpaired) electrons. The van der Waals surface area contributed by atoms with Crippen LogP contribution in [-0.4, -0.2) is 23.5 Å². The topological polar surface area (TPSA) is 85.2 Å². The van der Waals surface area contributed by atoms with E-state index in [1.165, 1.54) is 6.08 Å². The van der Waals surface area contributed by atoms with Crippen molar-refractivity contribution in [1.29, 1.82) is 0 Å². The van der Waals surface area contributed by atoms with Crippen LogP contribution < -0.4 is 5.73 Å². The summed E-state index contributed by atoms with van der Waals surface area (Å²) < 4.78 is 5.02. The Morgan fingerprint density at radius 3 is 2.76 bits per heavy atom. The van der Waals surface area contributed by atoms with Gasteiger partial charge in [-0.2, -0.15) is 0 Å². The molecule has 1 aromatic heterocycles. The number of ether oxygens (including phenoxy) is 1. The number of nitrogens with two attached hydrogens (primary N) is 1. The number of allylic oxidation sites excluding steroid dienone is 2. The third-order valence-electron chi connectivity index (χ3n) is 3.40. The number of carbonyl (C=O) groups excluding carboxylic acids is 2. The summed E-state index contributed by atoms with van der Waals surface area (Å²) in [7, 11) is 0. The molecule has 1 aromatic rings. The molecular formula is C15H17ClN2O3. The van der Waals surface area contributed by atoms with Crippen molar-refractivity contribution < 1.29 is 14.3 Å². The number of fused-ring (bicyclic) bond motifs is 1. The highest BCUT2D eigenvalue weighted by Crippen LogP contribution is 2.38. The second-order valence-electron chi connectivity index (χ2n) is 4.77. The number of H-pyrrole nitrogens is 1. The molecule has 1 amide bonds. The Hall–Kier alpha value is -2.01. The standard InChI is InChI=1S/C15H17ClN2O3/c1-3-21-15(20)14-8(2)12-10(18-14)6-4-9(13(12)16)5-7-11(17)19/h5,7,18H,3-4,6H2,1-2H3,(H2,17,19)/b7-5-. The number of aryl methyl sites for hydroxylation is 1. The molecule has 0 spiro atoms. The summed E-state index contributed by atoms with van der Waals surface area (Å²) in [6, 6.07) is 0. The van der Waals surface area contributed by atoms with Gasteiger partial charge in [-0.25, -0.2) is 4.79 Å². The number of aromatic amines is 1. The largest absolute Gasteiger partial charge is 0.461 e. The number of primary amides is 1. The Kier molecular flexibility index (Phi) is 4.53. The molecule has 1 aliphatic rings. The summed E-state index contributed by atoms with van der Waals surface area (Å²) in [4.78, 5) is 25.8. The number of carbonyl (C=O) groups is 2. The molecule has 1 heterocycles. The Morgan fingerprint density at radius 1 is 1.43 bits per heavy atom. The van der Waals surface area contributed by atoms with E-state index < -0.39 is 5.91 Å². The van der Waals surface area contributed by atoms with Gasteiger partial charge in [-0.1, -0.05) is 17.7 Å². The number of hydrogen-bond donors (Lipinski definition) is 2. The Morgan fingerprint density at radius 2 is 2.14 bits per heavy atom. The molecule has 0 atom stereocenters. The Bertz CT molecular complexity index is 656. The van der Waals surface area contributed by atoms with Crippen molar-refractivity contribution in [2.45, 2.75) is 26.7 Å². The van der Waals surface area contributed by atoms with Gasteiger partial charge in [-0.15, -0.1) is 0 Å². The van der Waals surface area contributed by atoms with Crippen molar-refractivity contribution in [3.63, 3.8) is 0 Å². The van der Waals surface area contributed by atoms with Gasteiger partial charge >= 0.3 is 5.97 Å². The number of amides is 1. The van der Waals surface area contributed by atoms with E-state index >= 15 is 0 Å². The van der Waals surface area contributed by atoms with Gasteiger partial charge in [0, 0.05) is 17.3 Å². The van der Waals surface area contributed by atoms with Gasteiger partial charge in [-0.05, 0) is 37.8 Å². The van der Waals surface area contributed by atoms with E-state index in [1.54, 1.807) is 13.0 Å². The van der Waals surface area contributed by atoms with Gasteiger partial charge in [0.1, 0.15) is 5.69 Å². The first-order valence-electron chi connectivity index (χ1n) is 6.70. The van der Waals surface area contributed by atoms with Gasteiger partial charge < -0.3 is 15.5 Å². The maximum atomic E-state index is 11.9. The number of aromatic nitrogens is 1. The first-order valence-corrected chi connectivity index (χ1v) is 7.08. The van der Waals surface area contributed by atoms with Crippen LogP contribution >= 0.6 is 11.6 Å². The summed E-state index contributed by atoms with van der Waals surface area (Å²) in [5.74, 6) is -0.904. The monoisotopic (exact) mass is 308 g/mol. The number of hydrogen-bond acceptors (Lipinski definition) is 3. The van der Waals surface area contributed by atoms with Crippen LogP contribution in [0.25, 0.3) is 5.03 Å². The molecule has 2 rings (SSSR count). The van der Waals surface area contributed by atoms with Gasteiger partial charge in [0.2, 0.25) is 5.91 Å². The Balaban J connectivity index is 2.44. The van der Waals surface area contributed by atoms with Gasteiger partial charge in [0.15, 0.2) is 0 Å². The predicted octanol–water partition coefficient (Wildman–Crippen LogP) is 2.44. The van der Waals surface area contributed by atoms with Crippen molar-refractivity contribution in [2.24, 2.45) is 5.73 Å². The van der Waals surface area contributed by atoms with E-state index in [4.69, 9.17) is 22.1 Å². The summed E-state index contributed by atoms with van der Waals surface area (Å²) in [6.45, 7) is 3.90. The van der Waals surface area contributed by atoms with Crippen LogP contribution in [0.3, 0.4) is 0 Å². The van der Waals surface area contributed by atoms with Crippen molar-refractivity contribution in [3.8, 4) is 0 Å². The van der Waals surface area contributed by atoms with Crippen LogP contribution in [0.1, 0.15) is 40.7 Å². The molecule has 21 heavy (non-hydrogen) atoms. The molecule has 0 unspecified atom stereocenters. The maximum absolute atomic E-state index is 11.9. The Labute approximate surface area is 127 Å². The van der Waals surface area contributed by atoms with Crippen molar-refractivity contribution in [1.82, 2.24) is 4.98 Å². The summed E-state index contributed by atoms with van der Waals surface area (Å²) in [6.07, 6.45) is 4.31. The van der Waals surface area contributed by atoms with E-state index in [2.05, 4.69) is 4.98 Å². The minimum atomic E-state index is -0.518. The third kappa shape index (κ3) is 3.03. The maximum Gasteiger partial charge on any atom is 0.355 e. The summed E-state index contributed by atoms with van der Waals surface area (Å²) in [5, 5.41) is 0.540. The number of halogens is 1. The third-order valence-corrected chi connectivity index (χ3v) is 3.83. The molecule has 3 N–H and O–H groups in total. The fraction of sp³-hybridized carbons (Fsp3) is 0.333. The lowest BCUT2D eigenvalue weighted by Crippen LogP contribution is -2.06. The average molecular weight is 309 g/mol. The fourth-order valence-corrected chi connectivity index (χ4v) is 2.83. The van der Waals surface area contributed by atoms with Crippen LogP contribution in [0, 0.1) is 6.92 Å². The molecule has 0 saturated heterocycles. The van der Waals surface area contributed by atoms with Gasteiger partial charge in [-0.3, -0.25) is 4.79 Å². The highest BCUT2D eigenvalue weighted by Gasteiger charge is 2.25. The number of nitrogens with one attached hydrogen (secondary N) is 1. The van der Waals surface area contributed by atoms with Crippen molar-refractivity contribution in [2.75, 3.05) is 6.61 Å². The normalized spacial score (nSPS) is 14.4. The van der Waals surface area contributed by atoms with E-state index in [0.717, 1.165) is 22.4 Å². The second-order valence-corrected chi connectivity index (χ2v) is 5.15. The van der Waals surface area contributed by atoms with E-state index in [1.807, 2.05) is 6.92 Å². The summed E-state index contributed by atoms with van der Waals surface area (Å²) >= 11 is 6.40. The molecule has 112 valence electrons. The van der Waals surface area contributed by atoms with Crippen LogP contribution in [0.4, 0.5) is 0 Å². The molecule has 5 nitrogen and oxygen atoms in total. The molecule has 0 aromatic carbocycles. The summed E-state index contributed by atoms with van der Waals surface area (Å²) in [5.41, 5.74) is 8.85. The first kappa shape index (κ1) is 15.4. The van der Waals surface area contributed by atoms with Crippen LogP contribution in [0.5, 0.6) is 0 Å². The van der Waals surface area contributed by atoms with E-state index in [-0.39, 0.29) is 5.97 Å². The quantitative estimate of drug-likeness (QED) is 0.661. The fourth-order valence-electron chi connectivity index (χ4n) is 2.42. The lowest BCUT2D eigenvalue weighted by atomic mass is 9.94. The zero-order valence-corrected chi connectivity index (χ0v) is 12.7. The molecule has 1 aliphatic carbocycles. The van der Waals surface area contributed by atoms with Crippen LogP contribution in [-0.2, 0) is 16.0 Å². The predicted molar refractivity (Wildman–Crippen MR) is 80.9 cm³/mol. The minimum absolute atomic E-state index is 0.318. The second kappa shape index (κ2) is 6.18. The molecular weight excluding hydrogens is 292 g/mol. The molecule has 0 aliphatic heterocycles. The average Bonchev–Trinajstić information content (AvgIpc) is 2.76. The highest BCUT2D eigenvalue weighted by molar-refractivity contribution is 6.50. The SMILES string of the molecule is CCOC(=O)c1[nH]c2c(c1C)C(Cl)=C(/C=C\C(N)=O)CC2. The highest BCUT2D eigenvalue weighted by atomic mass is 35.5. The minimum Gasteiger partial charge on any atom is -0.461 e. The smallest absolute Gasteiger partial charge is 0.355 e. The van der Waals surface area contributed by atoms with E-state index in [9.17, 15) is 9.59 Å². The van der Waals surface area contributed by atoms with Crippen LogP contribution in [0.2, 0.25) is 0 Å². The molecule has 0 saturated carbocycles. The van der Waals surface area contributed by atoms with Crippen molar-refractivity contribution in [3.05, 3.63) is 40.2 Å². The lowest BCUT2D eigenvalue weighted by molar-refractivity contribution is -0.113. The lowest BCUT2D eigenvalue weighted by Gasteiger charge is -2.14. The zero-order valence-electron chi connectivity index (χ0n) is 12.0. The van der Waals surface area contributed by atoms with Gasteiger partial charge in [0.05, 0.1) is 11.6 Å². The van der Waals surface area contributed by atoms with E-state index in [0.29, 0.717) is 30.2 Å². The number of rotatable bonds is 4. The first-order chi connectivity index (χ1) is 9.95. The number of esters is 1.